The van der Waals surface area contributed by atoms with Gasteiger partial charge in [0.05, 0.1) is 16.7 Å². The molecule has 4 saturated carbocycles. The molecule has 3 nitrogen and oxygen atoms in total. The summed E-state index contributed by atoms with van der Waals surface area (Å²) in [7, 11) is 0. The predicted molar refractivity (Wildman–Crippen MR) is 135 cm³/mol. The Labute approximate surface area is 212 Å². The molecule has 4 aliphatic carbocycles. The molecule has 184 valence electrons. The first-order valence-electron chi connectivity index (χ1n) is 12.4. The van der Waals surface area contributed by atoms with Gasteiger partial charge in [0, 0.05) is 17.6 Å². The first-order valence-corrected chi connectivity index (χ1v) is 13.1. The van der Waals surface area contributed by atoms with Crippen molar-refractivity contribution < 1.29 is 13.9 Å². The molecule has 4 bridgehead atoms. The molecule has 0 aliphatic heterocycles. The SMILES string of the molecule is CCOc1cc(CNC23CC4CC(C)(CC(C)(C4)C2)C3)cc(Cl)c1OCc1c(F)cccc1Cl. The lowest BCUT2D eigenvalue weighted by Crippen LogP contribution is -2.63. The molecule has 0 radical (unpaired) electrons. The predicted octanol–water partition coefficient (Wildman–Crippen LogP) is 7.95. The van der Waals surface area contributed by atoms with Crippen LogP contribution in [0.15, 0.2) is 30.3 Å². The van der Waals surface area contributed by atoms with E-state index >= 15 is 0 Å². The summed E-state index contributed by atoms with van der Waals surface area (Å²) in [5.41, 5.74) is 2.49. The minimum atomic E-state index is -0.402. The Kier molecular flexibility index (Phi) is 6.32. The van der Waals surface area contributed by atoms with Gasteiger partial charge in [0.15, 0.2) is 11.5 Å². The molecule has 0 spiro atoms. The smallest absolute Gasteiger partial charge is 0.180 e. The Hall–Kier alpha value is -1.49. The Bertz CT molecular complexity index is 1050. The zero-order chi connectivity index (χ0) is 24.1. The van der Waals surface area contributed by atoms with Crippen molar-refractivity contribution in [3.8, 4) is 11.5 Å². The van der Waals surface area contributed by atoms with Crippen molar-refractivity contribution in [2.24, 2.45) is 16.7 Å². The second kappa shape index (κ2) is 8.87. The molecule has 0 aromatic heterocycles. The van der Waals surface area contributed by atoms with Gasteiger partial charge in [-0.3, -0.25) is 0 Å². The van der Waals surface area contributed by atoms with Crippen molar-refractivity contribution in [1.82, 2.24) is 5.32 Å². The molecule has 0 heterocycles. The van der Waals surface area contributed by atoms with Gasteiger partial charge < -0.3 is 14.8 Å². The first kappa shape index (κ1) is 24.2. The van der Waals surface area contributed by atoms with Crippen LogP contribution in [-0.4, -0.2) is 12.1 Å². The van der Waals surface area contributed by atoms with Gasteiger partial charge in [-0.05, 0) is 92.0 Å². The van der Waals surface area contributed by atoms with E-state index in [1.165, 1.54) is 44.6 Å². The van der Waals surface area contributed by atoms with Gasteiger partial charge in [-0.1, -0.05) is 43.1 Å². The summed E-state index contributed by atoms with van der Waals surface area (Å²) in [4.78, 5) is 0. The number of hydrogen-bond acceptors (Lipinski definition) is 3. The van der Waals surface area contributed by atoms with Crippen LogP contribution < -0.4 is 14.8 Å². The summed E-state index contributed by atoms with van der Waals surface area (Å²) in [6.07, 6.45) is 7.90. The second-order valence-corrected chi connectivity index (χ2v) is 12.4. The molecule has 0 saturated heterocycles. The highest BCUT2D eigenvalue weighted by Crippen LogP contribution is 2.66. The average molecular weight is 506 g/mol. The van der Waals surface area contributed by atoms with Gasteiger partial charge in [0.25, 0.3) is 0 Å². The number of ether oxygens (including phenoxy) is 2. The van der Waals surface area contributed by atoms with Crippen LogP contribution >= 0.6 is 23.2 Å². The van der Waals surface area contributed by atoms with Crippen molar-refractivity contribution in [1.29, 1.82) is 0 Å². The summed E-state index contributed by atoms with van der Waals surface area (Å²) in [6.45, 7) is 8.09. The molecule has 34 heavy (non-hydrogen) atoms. The lowest BCUT2D eigenvalue weighted by Gasteiger charge is -2.65. The molecular weight excluding hydrogens is 472 g/mol. The number of nitrogens with one attached hydrogen (secondary N) is 1. The van der Waals surface area contributed by atoms with Crippen molar-refractivity contribution in [2.75, 3.05) is 6.61 Å². The summed E-state index contributed by atoms with van der Waals surface area (Å²) in [5, 5.41) is 4.75. The third-order valence-corrected chi connectivity index (χ3v) is 8.72. The lowest BCUT2D eigenvalue weighted by atomic mass is 9.43. The van der Waals surface area contributed by atoms with Crippen LogP contribution in [0.4, 0.5) is 4.39 Å². The van der Waals surface area contributed by atoms with Crippen LogP contribution in [0.2, 0.25) is 10.0 Å². The Morgan fingerprint density at radius 3 is 2.38 bits per heavy atom. The molecule has 4 aliphatic rings. The van der Waals surface area contributed by atoms with Crippen molar-refractivity contribution in [2.45, 2.75) is 78.0 Å². The van der Waals surface area contributed by atoms with Crippen LogP contribution in [0, 0.1) is 22.6 Å². The maximum atomic E-state index is 14.2. The fraction of sp³-hybridized carbons (Fsp3) is 0.571. The van der Waals surface area contributed by atoms with Crippen LogP contribution in [0.25, 0.3) is 0 Å². The molecule has 2 aromatic rings. The number of hydrogen-bond donors (Lipinski definition) is 1. The highest BCUT2D eigenvalue weighted by molar-refractivity contribution is 6.32. The summed E-state index contributed by atoms with van der Waals surface area (Å²) in [6, 6.07) is 8.51. The largest absolute Gasteiger partial charge is 0.490 e. The third kappa shape index (κ3) is 4.66. The molecule has 6 heteroatoms. The van der Waals surface area contributed by atoms with E-state index in [0.29, 0.717) is 44.5 Å². The second-order valence-electron chi connectivity index (χ2n) is 11.6. The molecule has 6 rings (SSSR count). The monoisotopic (exact) mass is 505 g/mol. The van der Waals surface area contributed by atoms with Gasteiger partial charge in [-0.2, -0.15) is 0 Å². The Morgan fingerprint density at radius 1 is 1.00 bits per heavy atom. The fourth-order valence-corrected chi connectivity index (χ4v) is 8.38. The topological polar surface area (TPSA) is 30.5 Å². The van der Waals surface area contributed by atoms with Crippen LogP contribution in [0.5, 0.6) is 11.5 Å². The lowest BCUT2D eigenvalue weighted by molar-refractivity contribution is -0.118. The third-order valence-electron chi connectivity index (χ3n) is 8.09. The zero-order valence-corrected chi connectivity index (χ0v) is 21.8. The number of benzene rings is 2. The van der Waals surface area contributed by atoms with E-state index in [1.54, 1.807) is 12.1 Å². The van der Waals surface area contributed by atoms with E-state index in [2.05, 4.69) is 19.2 Å². The van der Waals surface area contributed by atoms with Gasteiger partial charge in [-0.25, -0.2) is 4.39 Å². The average Bonchev–Trinajstić information content (AvgIpc) is 2.71. The van der Waals surface area contributed by atoms with E-state index in [9.17, 15) is 4.39 Å². The van der Waals surface area contributed by atoms with E-state index in [-0.39, 0.29) is 12.1 Å². The normalized spacial score (nSPS) is 31.6. The first-order chi connectivity index (χ1) is 16.1. The van der Waals surface area contributed by atoms with Gasteiger partial charge in [0.1, 0.15) is 12.4 Å². The fourth-order valence-electron chi connectivity index (χ4n) is 7.88. The van der Waals surface area contributed by atoms with Gasteiger partial charge in [0.2, 0.25) is 0 Å². The van der Waals surface area contributed by atoms with Crippen LogP contribution in [0.3, 0.4) is 0 Å². The van der Waals surface area contributed by atoms with E-state index in [4.69, 9.17) is 32.7 Å². The molecule has 0 amide bonds. The molecular formula is C28H34Cl2FNO2. The molecule has 2 atom stereocenters. The Morgan fingerprint density at radius 2 is 1.74 bits per heavy atom. The van der Waals surface area contributed by atoms with Crippen LogP contribution in [0.1, 0.15) is 70.4 Å². The van der Waals surface area contributed by atoms with Gasteiger partial charge >= 0.3 is 0 Å². The van der Waals surface area contributed by atoms with E-state index in [1.807, 2.05) is 19.1 Å². The minimum Gasteiger partial charge on any atom is -0.490 e. The van der Waals surface area contributed by atoms with E-state index in [0.717, 1.165) is 18.0 Å². The van der Waals surface area contributed by atoms with Crippen molar-refractivity contribution in [3.05, 3.63) is 57.3 Å². The summed E-state index contributed by atoms with van der Waals surface area (Å²) >= 11 is 12.8. The standard InChI is InChI=1S/C28H34Cl2FNO2/c1-4-33-24-9-18(8-22(30)25(24)34-14-20-21(29)6-5-7-23(20)31)13-32-28-12-19-10-26(2,16-28)15-27(3,11-19)17-28/h5-9,19,32H,4,10-17H2,1-3H3. The highest BCUT2D eigenvalue weighted by atomic mass is 35.5. The number of halogens is 3. The minimum absolute atomic E-state index is 0.0233. The molecule has 2 aromatic carbocycles. The molecule has 2 unspecified atom stereocenters. The summed E-state index contributed by atoms with van der Waals surface area (Å²) in [5.74, 6) is 1.42. The summed E-state index contributed by atoms with van der Waals surface area (Å²) < 4.78 is 26.0. The molecule has 4 fully saturated rings. The van der Waals surface area contributed by atoms with Crippen LogP contribution in [-0.2, 0) is 13.2 Å². The highest BCUT2D eigenvalue weighted by Gasteiger charge is 2.59. The van der Waals surface area contributed by atoms with Crippen molar-refractivity contribution >= 4 is 23.2 Å². The van der Waals surface area contributed by atoms with Crippen molar-refractivity contribution in [3.63, 3.8) is 0 Å². The maximum Gasteiger partial charge on any atom is 0.180 e. The molecule has 1 N–H and O–H groups in total. The van der Waals surface area contributed by atoms with E-state index < -0.39 is 5.82 Å². The zero-order valence-electron chi connectivity index (χ0n) is 20.3. The number of rotatable bonds is 8. The maximum absolute atomic E-state index is 14.2. The quantitative estimate of drug-likeness (QED) is 0.394. The van der Waals surface area contributed by atoms with Gasteiger partial charge in [-0.15, -0.1) is 0 Å². The Balaban J connectivity index is 1.33.